The van der Waals surface area contributed by atoms with Gasteiger partial charge in [0.15, 0.2) is 0 Å². The molecule has 7 nitrogen and oxygen atoms in total. The first-order valence-corrected chi connectivity index (χ1v) is 12.3. The van der Waals surface area contributed by atoms with Gasteiger partial charge in [-0.05, 0) is 65.7 Å². The van der Waals surface area contributed by atoms with Gasteiger partial charge in [0.1, 0.15) is 11.5 Å². The molecule has 1 amide bonds. The molecule has 0 saturated carbocycles. The Morgan fingerprint density at radius 1 is 1.00 bits per heavy atom. The largest absolute Gasteiger partial charge is 0.497 e. The molecule has 1 heterocycles. The average molecular weight is 479 g/mol. The molecular formula is C26H26N2O5S. The number of carbonyl (C=O) groups is 1. The number of benzene rings is 3. The van der Waals surface area contributed by atoms with Gasteiger partial charge in [0.2, 0.25) is 15.9 Å². The van der Waals surface area contributed by atoms with E-state index in [4.69, 9.17) is 9.15 Å². The number of hydrogen-bond acceptors (Lipinski definition) is 5. The Bertz CT molecular complexity index is 1370. The summed E-state index contributed by atoms with van der Waals surface area (Å²) in [6.45, 7) is 1.45. The molecule has 1 N–H and O–H groups in total. The van der Waals surface area contributed by atoms with E-state index in [2.05, 4.69) is 5.32 Å². The van der Waals surface area contributed by atoms with E-state index in [0.29, 0.717) is 11.5 Å². The van der Waals surface area contributed by atoms with E-state index >= 15 is 0 Å². The number of amides is 1. The maximum atomic E-state index is 13.4. The second kappa shape index (κ2) is 10.1. The van der Waals surface area contributed by atoms with Crippen LogP contribution < -0.4 is 10.1 Å². The fourth-order valence-corrected chi connectivity index (χ4v) is 5.07. The zero-order chi connectivity index (χ0) is 24.1. The summed E-state index contributed by atoms with van der Waals surface area (Å²) >= 11 is 0. The summed E-state index contributed by atoms with van der Waals surface area (Å²) < 4.78 is 38.3. The molecule has 0 spiro atoms. The van der Waals surface area contributed by atoms with Crippen molar-refractivity contribution in [2.24, 2.45) is 0 Å². The molecule has 4 aromatic rings. The van der Waals surface area contributed by atoms with Crippen molar-refractivity contribution in [2.45, 2.75) is 24.4 Å². The first kappa shape index (κ1) is 23.5. The van der Waals surface area contributed by atoms with Crippen LogP contribution in [0.2, 0.25) is 0 Å². The van der Waals surface area contributed by atoms with Crippen LogP contribution in [-0.2, 0) is 21.4 Å². The van der Waals surface area contributed by atoms with Crippen molar-refractivity contribution in [3.05, 3.63) is 96.4 Å². The zero-order valence-corrected chi connectivity index (χ0v) is 19.8. The predicted molar refractivity (Wildman–Crippen MR) is 130 cm³/mol. The van der Waals surface area contributed by atoms with E-state index in [1.807, 2.05) is 49.4 Å². The van der Waals surface area contributed by atoms with Crippen LogP contribution >= 0.6 is 0 Å². The maximum Gasteiger partial charge on any atom is 0.243 e. The van der Waals surface area contributed by atoms with E-state index in [-0.39, 0.29) is 24.0 Å². The van der Waals surface area contributed by atoms with Crippen molar-refractivity contribution < 1.29 is 22.4 Å². The molecule has 4 rings (SSSR count). The van der Waals surface area contributed by atoms with E-state index in [0.717, 1.165) is 20.6 Å². The van der Waals surface area contributed by atoms with E-state index in [1.54, 1.807) is 24.3 Å². The first-order chi connectivity index (χ1) is 16.4. The van der Waals surface area contributed by atoms with Crippen LogP contribution in [0.4, 0.5) is 0 Å². The van der Waals surface area contributed by atoms with Crippen molar-refractivity contribution in [1.82, 2.24) is 9.62 Å². The van der Waals surface area contributed by atoms with Gasteiger partial charge in [0.05, 0.1) is 37.4 Å². The lowest BCUT2D eigenvalue weighted by atomic mass is 10.0. The number of ether oxygens (including phenoxy) is 1. The summed E-state index contributed by atoms with van der Waals surface area (Å²) in [7, 11) is -2.46. The molecule has 8 heteroatoms. The second-order valence-corrected chi connectivity index (χ2v) is 9.86. The van der Waals surface area contributed by atoms with Gasteiger partial charge in [-0.2, -0.15) is 4.31 Å². The topological polar surface area (TPSA) is 88.9 Å². The lowest BCUT2D eigenvalue weighted by Crippen LogP contribution is -2.41. The average Bonchev–Trinajstić information content (AvgIpc) is 3.36. The lowest BCUT2D eigenvalue weighted by molar-refractivity contribution is -0.122. The third-order valence-corrected chi connectivity index (χ3v) is 7.39. The molecular weight excluding hydrogens is 452 g/mol. The number of carbonyl (C=O) groups excluding carboxylic acids is 1. The number of methoxy groups -OCH3 is 1. The molecule has 0 fully saturated rings. The van der Waals surface area contributed by atoms with Crippen LogP contribution in [0.15, 0.2) is 94.4 Å². The van der Waals surface area contributed by atoms with Crippen LogP contribution in [0, 0.1) is 0 Å². The molecule has 176 valence electrons. The van der Waals surface area contributed by atoms with Crippen molar-refractivity contribution in [3.63, 3.8) is 0 Å². The van der Waals surface area contributed by atoms with E-state index < -0.39 is 15.9 Å². The highest BCUT2D eigenvalue weighted by atomic mass is 32.2. The summed E-state index contributed by atoms with van der Waals surface area (Å²) in [5.41, 5.74) is 0.933. The van der Waals surface area contributed by atoms with Gasteiger partial charge in [-0.25, -0.2) is 8.42 Å². The van der Waals surface area contributed by atoms with Gasteiger partial charge in [-0.3, -0.25) is 4.79 Å². The van der Waals surface area contributed by atoms with Gasteiger partial charge >= 0.3 is 0 Å². The summed E-state index contributed by atoms with van der Waals surface area (Å²) in [5.74, 6) is 0.565. The Labute approximate surface area is 199 Å². The van der Waals surface area contributed by atoms with Gasteiger partial charge < -0.3 is 14.5 Å². The standard InChI is InChI=1S/C26H26N2O5S/c1-19(21-10-9-20-6-3-4-7-22(20)16-21)27-26(29)18-28(17-24-8-5-15-33-24)34(30,31)25-13-11-23(32-2)12-14-25/h3-16,19H,17-18H2,1-2H3,(H,27,29)/t19-/m1/s1. The number of fused-ring (bicyclic) bond motifs is 1. The molecule has 0 bridgehead atoms. The van der Waals surface area contributed by atoms with Crippen LogP contribution in [0.3, 0.4) is 0 Å². The third-order valence-electron chi connectivity index (χ3n) is 5.58. The number of rotatable bonds is 9. The van der Waals surface area contributed by atoms with Gasteiger partial charge in [-0.15, -0.1) is 0 Å². The molecule has 0 aliphatic rings. The number of hydrogen-bond donors (Lipinski definition) is 1. The van der Waals surface area contributed by atoms with Crippen LogP contribution in [0.5, 0.6) is 5.75 Å². The predicted octanol–water partition coefficient (Wildman–Crippen LogP) is 4.51. The lowest BCUT2D eigenvalue weighted by Gasteiger charge is -2.22. The Balaban J connectivity index is 1.53. The molecule has 1 atom stereocenters. The second-order valence-electron chi connectivity index (χ2n) is 7.92. The van der Waals surface area contributed by atoms with E-state index in [9.17, 15) is 13.2 Å². The molecule has 3 aromatic carbocycles. The molecule has 0 unspecified atom stereocenters. The fraction of sp³-hybridized carbons (Fsp3) is 0.192. The first-order valence-electron chi connectivity index (χ1n) is 10.8. The SMILES string of the molecule is COc1ccc(S(=O)(=O)N(CC(=O)N[C@H](C)c2ccc3ccccc3c2)Cc2ccco2)cc1. The number of sulfonamides is 1. The molecule has 34 heavy (non-hydrogen) atoms. The summed E-state index contributed by atoms with van der Waals surface area (Å²) in [5, 5.41) is 5.10. The minimum absolute atomic E-state index is 0.0650. The Hall–Kier alpha value is -3.62. The van der Waals surface area contributed by atoms with E-state index in [1.165, 1.54) is 25.5 Å². The summed E-state index contributed by atoms with van der Waals surface area (Å²) in [6, 6.07) is 23.1. The van der Waals surface area contributed by atoms with Crippen molar-refractivity contribution in [1.29, 1.82) is 0 Å². The summed E-state index contributed by atoms with van der Waals surface area (Å²) in [6.07, 6.45) is 1.47. The van der Waals surface area contributed by atoms with Crippen LogP contribution in [0.25, 0.3) is 10.8 Å². The van der Waals surface area contributed by atoms with Crippen LogP contribution in [0.1, 0.15) is 24.3 Å². The smallest absolute Gasteiger partial charge is 0.243 e. The molecule has 0 aliphatic carbocycles. The third kappa shape index (κ3) is 5.30. The minimum Gasteiger partial charge on any atom is -0.497 e. The quantitative estimate of drug-likeness (QED) is 0.382. The Morgan fingerprint density at radius 2 is 1.74 bits per heavy atom. The highest BCUT2D eigenvalue weighted by Gasteiger charge is 2.28. The molecule has 0 radical (unpaired) electrons. The van der Waals surface area contributed by atoms with Crippen LogP contribution in [-0.4, -0.2) is 32.3 Å². The Morgan fingerprint density at radius 3 is 2.41 bits per heavy atom. The number of nitrogens with one attached hydrogen (secondary N) is 1. The van der Waals surface area contributed by atoms with Gasteiger partial charge in [0.25, 0.3) is 0 Å². The maximum absolute atomic E-state index is 13.4. The normalized spacial score (nSPS) is 12.6. The highest BCUT2D eigenvalue weighted by molar-refractivity contribution is 7.89. The number of nitrogens with zero attached hydrogens (tertiary/aromatic N) is 1. The minimum atomic E-state index is -3.97. The molecule has 1 aromatic heterocycles. The van der Waals surface area contributed by atoms with Gasteiger partial charge in [0, 0.05) is 0 Å². The van der Waals surface area contributed by atoms with Crippen molar-refractivity contribution in [3.8, 4) is 5.75 Å². The summed E-state index contributed by atoms with van der Waals surface area (Å²) in [4.78, 5) is 13.0. The highest BCUT2D eigenvalue weighted by Crippen LogP contribution is 2.23. The van der Waals surface area contributed by atoms with Gasteiger partial charge in [-0.1, -0.05) is 36.4 Å². The fourth-order valence-electron chi connectivity index (χ4n) is 3.71. The Kier molecular flexibility index (Phi) is 7.00. The number of furan rings is 1. The van der Waals surface area contributed by atoms with Crippen molar-refractivity contribution >= 4 is 26.7 Å². The molecule has 0 saturated heterocycles. The molecule has 0 aliphatic heterocycles. The van der Waals surface area contributed by atoms with Crippen molar-refractivity contribution in [2.75, 3.05) is 13.7 Å². The monoisotopic (exact) mass is 478 g/mol. The zero-order valence-electron chi connectivity index (χ0n) is 19.0.